The van der Waals surface area contributed by atoms with E-state index in [1.165, 1.54) is 48.9 Å². The smallest absolute Gasteiger partial charge is 0.244 e. The van der Waals surface area contributed by atoms with Crippen LogP contribution in [0.3, 0.4) is 0 Å². The number of aromatic amines is 2. The largest absolute Gasteiger partial charge is 0.368 e. The first-order valence-corrected chi connectivity index (χ1v) is 26.2. The number of primary amides is 1. The monoisotopic (exact) mass is 1100 g/mol. The third kappa shape index (κ3) is 18.4. The van der Waals surface area contributed by atoms with Crippen LogP contribution in [0.15, 0.2) is 91.5 Å². The highest BCUT2D eigenvalue weighted by Crippen LogP contribution is 2.20. The van der Waals surface area contributed by atoms with E-state index in [1.807, 2.05) is 18.2 Å². The molecule has 77 heavy (non-hydrogen) atoms. The highest BCUT2D eigenvalue weighted by Gasteiger charge is 2.35. The second-order valence-corrected chi connectivity index (χ2v) is 19.5. The van der Waals surface area contributed by atoms with Gasteiger partial charge in [0.1, 0.15) is 53.9 Å². The van der Waals surface area contributed by atoms with Gasteiger partial charge in [0.05, 0.1) is 12.4 Å². The van der Waals surface area contributed by atoms with Gasteiger partial charge < -0.3 is 64.4 Å². The molecule has 0 radical (unpaired) electrons. The molecule has 0 spiro atoms. The molecule has 8 atom stereocenters. The third-order valence-electron chi connectivity index (χ3n) is 12.5. The first-order valence-electron chi connectivity index (χ1n) is 24.9. The van der Waals surface area contributed by atoms with E-state index in [0.717, 1.165) is 10.9 Å². The van der Waals surface area contributed by atoms with Gasteiger partial charge in [0.15, 0.2) is 0 Å². The first kappa shape index (κ1) is 60.5. The molecule has 3 aromatic carbocycles. The Bertz CT molecular complexity index is 2820. The highest BCUT2D eigenvalue weighted by atomic mass is 32.1. The topological polar surface area (TPSA) is 343 Å². The Morgan fingerprint density at radius 2 is 1.13 bits per heavy atom. The number of imidazole rings is 1. The van der Waals surface area contributed by atoms with E-state index in [0.29, 0.717) is 35.2 Å². The number of aromatic nitrogens is 3. The fourth-order valence-electron chi connectivity index (χ4n) is 8.26. The van der Waals surface area contributed by atoms with Crippen LogP contribution in [0.25, 0.3) is 10.9 Å². The van der Waals surface area contributed by atoms with Gasteiger partial charge in [-0.15, -0.1) is 0 Å². The van der Waals surface area contributed by atoms with E-state index in [2.05, 4.69) is 77.4 Å². The highest BCUT2D eigenvalue weighted by molar-refractivity contribution is 7.80. The zero-order valence-corrected chi connectivity index (χ0v) is 44.3. The van der Waals surface area contributed by atoms with Crippen LogP contribution >= 0.6 is 25.3 Å². The number of para-hydroxylation sites is 1. The lowest BCUT2D eigenvalue weighted by Gasteiger charge is -2.29. The standard InChI is InChI=1S/C52H67F2N13O8S2/c1-28(2)44(52(75)66-43(26-77)50(73)62-39(45(57)68)20-30-10-8-12-33(54)18-30)67-47(70)38(15-5-6-16-55)61-48(71)40(21-31-23-59-37-14-4-3-13-35(31)37)63-49(72)41(22-34-24-58-27-60-34)64-51(74)42(25-76)65-46(69)36(56)19-29-9-7-11-32(53)17-29/h3-4,7-14,17-18,23-24,27-28,36,38-44,59,76-77H,5-6,15-16,19-22,25-26,55-56H2,1-2H3,(H2,57,68)(H,58,60)(H,61,71)(H,62,73)(H,63,72)(H,64,74)(H,65,69)(H,66,75)(H,67,70)/t36-,38-,39-,40+,41-,42+,43-,44-/m0/s1. The zero-order chi connectivity index (χ0) is 56.2. The maximum atomic E-state index is 14.7. The number of hydrogen-bond donors (Lipinski definition) is 14. The summed E-state index contributed by atoms with van der Waals surface area (Å²) in [6.07, 6.45) is 4.86. The predicted molar refractivity (Wildman–Crippen MR) is 291 cm³/mol. The van der Waals surface area contributed by atoms with Crippen LogP contribution in [0.1, 0.15) is 55.5 Å². The van der Waals surface area contributed by atoms with E-state index >= 15 is 0 Å². The lowest BCUT2D eigenvalue weighted by Crippen LogP contribution is -2.61. The average Bonchev–Trinajstić information content (AvgIpc) is 4.07. The minimum absolute atomic E-state index is 0.0394. The van der Waals surface area contributed by atoms with E-state index in [9.17, 15) is 47.1 Å². The molecule has 25 heteroatoms. The number of rotatable bonds is 30. The minimum Gasteiger partial charge on any atom is -0.368 e. The SMILES string of the molecule is CC(C)[C@H](NC(=O)[C@H](CCCCN)NC(=O)[C@@H](Cc1c[nH]c2ccccc12)NC(=O)[C@H](Cc1cnc[nH]1)NC(=O)[C@@H](CS)NC(=O)[C@@H](N)Cc1cccc(F)c1)C(=O)N[C@@H](CS)C(=O)N[C@@H](Cc1cccc(F)c1)C(N)=O. The van der Waals surface area contributed by atoms with Gasteiger partial charge in [0.2, 0.25) is 47.3 Å². The van der Waals surface area contributed by atoms with Crippen molar-refractivity contribution in [3.05, 3.63) is 126 Å². The Morgan fingerprint density at radius 1 is 0.597 bits per heavy atom. The lowest BCUT2D eigenvalue weighted by atomic mass is 10.00. The van der Waals surface area contributed by atoms with Gasteiger partial charge in [0.25, 0.3) is 0 Å². The molecule has 0 aliphatic carbocycles. The Morgan fingerprint density at radius 3 is 1.69 bits per heavy atom. The zero-order valence-electron chi connectivity index (χ0n) is 42.5. The van der Waals surface area contributed by atoms with Crippen LogP contribution in [0.2, 0.25) is 0 Å². The van der Waals surface area contributed by atoms with Gasteiger partial charge in [-0.2, -0.15) is 25.3 Å². The number of nitrogens with two attached hydrogens (primary N) is 3. The molecule has 0 aliphatic heterocycles. The van der Waals surface area contributed by atoms with E-state index in [1.54, 1.807) is 38.2 Å². The summed E-state index contributed by atoms with van der Waals surface area (Å²) in [5.41, 5.74) is 20.1. The molecule has 2 aromatic heterocycles. The number of carbonyl (C=O) groups is 8. The van der Waals surface area contributed by atoms with E-state index in [4.69, 9.17) is 17.2 Å². The number of benzene rings is 3. The van der Waals surface area contributed by atoms with Crippen molar-refractivity contribution in [3.8, 4) is 0 Å². The maximum absolute atomic E-state index is 14.7. The summed E-state index contributed by atoms with van der Waals surface area (Å²) in [5.74, 6) is -8.62. The molecule has 0 unspecified atom stereocenters. The third-order valence-corrected chi connectivity index (χ3v) is 13.2. The van der Waals surface area contributed by atoms with Gasteiger partial charge in [-0.3, -0.25) is 38.4 Å². The summed E-state index contributed by atoms with van der Waals surface area (Å²) in [6, 6.07) is 7.74. The molecule has 15 N–H and O–H groups in total. The van der Waals surface area contributed by atoms with Gasteiger partial charge in [0, 0.05) is 59.8 Å². The molecule has 0 aliphatic rings. The van der Waals surface area contributed by atoms with Crippen LogP contribution in [0.5, 0.6) is 0 Å². The summed E-state index contributed by atoms with van der Waals surface area (Å²) in [4.78, 5) is 120. The Balaban J connectivity index is 1.35. The number of halogens is 2. The second-order valence-electron chi connectivity index (χ2n) is 18.8. The molecule has 5 aromatic rings. The van der Waals surface area contributed by atoms with Gasteiger partial charge >= 0.3 is 0 Å². The van der Waals surface area contributed by atoms with Gasteiger partial charge in [-0.1, -0.05) is 56.3 Å². The van der Waals surface area contributed by atoms with Gasteiger partial charge in [-0.05, 0) is 85.2 Å². The fourth-order valence-corrected chi connectivity index (χ4v) is 8.77. The van der Waals surface area contributed by atoms with Crippen molar-refractivity contribution in [2.75, 3.05) is 18.1 Å². The Labute approximate surface area is 454 Å². The van der Waals surface area contributed by atoms with Crippen molar-refractivity contribution in [3.63, 3.8) is 0 Å². The van der Waals surface area contributed by atoms with Crippen molar-refractivity contribution in [2.24, 2.45) is 23.1 Å². The minimum atomic E-state index is -1.40. The predicted octanol–water partition coefficient (Wildman–Crippen LogP) is 0.291. The van der Waals surface area contributed by atoms with Crippen LogP contribution in [-0.2, 0) is 64.0 Å². The molecule has 0 saturated heterocycles. The van der Waals surface area contributed by atoms with Crippen LogP contribution < -0.4 is 54.4 Å². The van der Waals surface area contributed by atoms with Crippen molar-refractivity contribution in [1.29, 1.82) is 0 Å². The van der Waals surface area contributed by atoms with Crippen molar-refractivity contribution < 1.29 is 47.1 Å². The maximum Gasteiger partial charge on any atom is 0.244 e. The molecular weight excluding hydrogens is 1040 g/mol. The molecule has 0 bridgehead atoms. The number of nitrogens with one attached hydrogen (secondary N) is 9. The summed E-state index contributed by atoms with van der Waals surface area (Å²) >= 11 is 8.52. The molecule has 0 saturated carbocycles. The Kier molecular flexibility index (Phi) is 23.4. The molecule has 5 rings (SSSR count). The second kappa shape index (κ2) is 29.8. The number of hydrogen-bond acceptors (Lipinski definition) is 13. The summed E-state index contributed by atoms with van der Waals surface area (Å²) < 4.78 is 27.7. The molecule has 0 fully saturated rings. The van der Waals surface area contributed by atoms with Crippen LogP contribution in [0.4, 0.5) is 8.78 Å². The number of amides is 8. The van der Waals surface area contributed by atoms with Crippen LogP contribution in [0, 0.1) is 17.6 Å². The van der Waals surface area contributed by atoms with E-state index < -0.39 is 113 Å². The summed E-state index contributed by atoms with van der Waals surface area (Å²) in [5, 5.41) is 19.2. The summed E-state index contributed by atoms with van der Waals surface area (Å²) in [6.45, 7) is 3.55. The number of H-pyrrole nitrogens is 2. The number of unbranched alkanes of at least 4 members (excludes halogenated alkanes) is 1. The fraction of sp³-hybridized carbons (Fsp3) is 0.404. The molecule has 8 amide bonds. The van der Waals surface area contributed by atoms with Crippen molar-refractivity contribution in [1.82, 2.24) is 52.2 Å². The van der Waals surface area contributed by atoms with Crippen LogP contribution in [-0.4, -0.2) is 129 Å². The quantitative estimate of drug-likeness (QED) is 0.0219. The molecule has 414 valence electrons. The first-order chi connectivity index (χ1) is 36.8. The normalized spacial score (nSPS) is 14.4. The molecule has 21 nitrogen and oxygen atoms in total. The Hall–Kier alpha value is -7.35. The van der Waals surface area contributed by atoms with Gasteiger partial charge in [-0.25, -0.2) is 13.8 Å². The van der Waals surface area contributed by atoms with Crippen molar-refractivity contribution in [2.45, 2.75) is 107 Å². The summed E-state index contributed by atoms with van der Waals surface area (Å²) in [7, 11) is 0. The molecular formula is C52H67F2N13O8S2. The number of thiol groups is 2. The van der Waals surface area contributed by atoms with Crippen molar-refractivity contribution >= 4 is 83.4 Å². The molecule has 2 heterocycles. The average molecular weight is 1100 g/mol. The number of nitrogens with zero attached hydrogens (tertiary/aromatic N) is 1. The number of carbonyl (C=O) groups excluding carboxylic acids is 8. The lowest BCUT2D eigenvalue weighted by molar-refractivity contribution is -0.136. The number of fused-ring (bicyclic) bond motifs is 1. The van der Waals surface area contributed by atoms with E-state index in [-0.39, 0.29) is 50.2 Å².